The molecule has 0 amide bonds. The molecule has 0 nitrogen and oxygen atoms in total. The minimum Gasteiger partial charge on any atom is -0.0795 e. The fourth-order valence-corrected chi connectivity index (χ4v) is 6.02. The van der Waals surface area contributed by atoms with E-state index in [2.05, 4.69) is 98.8 Å². The van der Waals surface area contributed by atoms with Crippen molar-refractivity contribution in [3.05, 3.63) is 101 Å². The molecular formula is C30H22. The summed E-state index contributed by atoms with van der Waals surface area (Å²) in [5, 5.41) is 8.32. The van der Waals surface area contributed by atoms with E-state index in [1.54, 1.807) is 0 Å². The lowest BCUT2D eigenvalue weighted by atomic mass is 9.66. The predicted octanol–water partition coefficient (Wildman–Crippen LogP) is 8.02. The summed E-state index contributed by atoms with van der Waals surface area (Å²) in [4.78, 5) is 0. The lowest BCUT2D eigenvalue weighted by molar-refractivity contribution is 0.645. The summed E-state index contributed by atoms with van der Waals surface area (Å²) in [5.74, 6) is 0. The third kappa shape index (κ3) is 1.87. The maximum absolute atomic E-state index is 2.50. The maximum atomic E-state index is 2.50. The molecule has 0 unspecified atom stereocenters. The molecule has 2 aliphatic carbocycles. The molecule has 0 saturated carbocycles. The number of fused-ring (bicyclic) bond motifs is 5. The van der Waals surface area contributed by atoms with Crippen molar-refractivity contribution < 1.29 is 0 Å². The van der Waals surface area contributed by atoms with Crippen LogP contribution in [0.4, 0.5) is 0 Å². The summed E-state index contributed by atoms with van der Waals surface area (Å²) in [5.41, 5.74) is 8.52. The molecule has 5 aromatic rings. The molecule has 7 rings (SSSR count). The van der Waals surface area contributed by atoms with E-state index in [4.69, 9.17) is 0 Å². The van der Waals surface area contributed by atoms with Crippen LogP contribution in [0.25, 0.3) is 49.5 Å². The van der Waals surface area contributed by atoms with Gasteiger partial charge in [-0.05, 0) is 78.2 Å². The molecule has 142 valence electrons. The molecule has 0 N–H and O–H groups in total. The van der Waals surface area contributed by atoms with E-state index in [-0.39, 0.29) is 5.41 Å². The largest absolute Gasteiger partial charge is 0.0795 e. The van der Waals surface area contributed by atoms with Gasteiger partial charge in [0.2, 0.25) is 0 Å². The molecule has 30 heavy (non-hydrogen) atoms. The lowest BCUT2D eigenvalue weighted by Gasteiger charge is -2.37. The van der Waals surface area contributed by atoms with E-state index < -0.39 is 0 Å². The van der Waals surface area contributed by atoms with Gasteiger partial charge in [-0.2, -0.15) is 0 Å². The number of allylic oxidation sites excluding steroid dienone is 1. The van der Waals surface area contributed by atoms with E-state index >= 15 is 0 Å². The van der Waals surface area contributed by atoms with Crippen molar-refractivity contribution in [2.24, 2.45) is 0 Å². The van der Waals surface area contributed by atoms with Crippen molar-refractivity contribution in [3.63, 3.8) is 0 Å². The van der Waals surface area contributed by atoms with Crippen LogP contribution in [0.3, 0.4) is 0 Å². The molecule has 5 aromatic carbocycles. The molecule has 0 heterocycles. The van der Waals surface area contributed by atoms with E-state index in [0.29, 0.717) is 0 Å². The standard InChI is InChI=1S/C30H22/c1-30(2)25-15-7-13-22-21-12-4-3-8-19(21)16-24(28(22)25)29-23-14-6-10-18-9-5-11-20(27(18)23)17-26(29)30/h3-10,12-17H,11H2,1-2H3. The van der Waals surface area contributed by atoms with Crippen LogP contribution >= 0.6 is 0 Å². The van der Waals surface area contributed by atoms with Crippen LogP contribution in [0, 0.1) is 0 Å². The van der Waals surface area contributed by atoms with Crippen LogP contribution in [0.5, 0.6) is 0 Å². The zero-order valence-electron chi connectivity index (χ0n) is 17.3. The summed E-state index contributed by atoms with van der Waals surface area (Å²) in [6.45, 7) is 4.81. The number of hydrogen-bond donors (Lipinski definition) is 0. The average molecular weight is 383 g/mol. The minimum atomic E-state index is -0.0356. The van der Waals surface area contributed by atoms with Gasteiger partial charge >= 0.3 is 0 Å². The Morgan fingerprint density at radius 2 is 1.50 bits per heavy atom. The Morgan fingerprint density at radius 1 is 0.700 bits per heavy atom. The number of benzene rings is 5. The van der Waals surface area contributed by atoms with Crippen LogP contribution in [-0.2, 0) is 11.8 Å². The number of rotatable bonds is 0. The Labute approximate surface area is 176 Å². The van der Waals surface area contributed by atoms with E-state index in [9.17, 15) is 0 Å². The van der Waals surface area contributed by atoms with Gasteiger partial charge in [-0.15, -0.1) is 0 Å². The first-order chi connectivity index (χ1) is 14.6. The van der Waals surface area contributed by atoms with Gasteiger partial charge in [0.15, 0.2) is 0 Å². The Balaban J connectivity index is 1.79. The molecular weight excluding hydrogens is 360 g/mol. The molecule has 0 heteroatoms. The second-order valence-electron chi connectivity index (χ2n) is 9.33. The molecule has 0 atom stereocenters. The number of hydrogen-bond acceptors (Lipinski definition) is 0. The summed E-state index contributed by atoms with van der Waals surface area (Å²) < 4.78 is 0. The van der Waals surface area contributed by atoms with Crippen molar-refractivity contribution in [2.45, 2.75) is 25.7 Å². The Kier molecular flexibility index (Phi) is 2.96. The van der Waals surface area contributed by atoms with Crippen LogP contribution in [-0.4, -0.2) is 0 Å². The third-order valence-corrected chi connectivity index (χ3v) is 7.41. The normalized spacial score (nSPS) is 15.7. The van der Waals surface area contributed by atoms with Crippen molar-refractivity contribution in [1.82, 2.24) is 0 Å². The zero-order valence-corrected chi connectivity index (χ0v) is 17.3. The SMILES string of the molecule is CC1(C)c2cc3c4c(cccc4c2-c2cc4ccccc4c4cccc1c24)C=CC3. The van der Waals surface area contributed by atoms with Crippen LogP contribution in [0.15, 0.2) is 78.9 Å². The summed E-state index contributed by atoms with van der Waals surface area (Å²) >= 11 is 0. The Bertz CT molecular complexity index is 1580. The lowest BCUT2D eigenvalue weighted by Crippen LogP contribution is -2.24. The summed E-state index contributed by atoms with van der Waals surface area (Å²) in [6.07, 6.45) is 5.62. The van der Waals surface area contributed by atoms with Crippen LogP contribution in [0.1, 0.15) is 36.1 Å². The third-order valence-electron chi connectivity index (χ3n) is 7.41. The average Bonchev–Trinajstić information content (AvgIpc) is 2.78. The van der Waals surface area contributed by atoms with Gasteiger partial charge in [0.25, 0.3) is 0 Å². The first-order valence-electron chi connectivity index (χ1n) is 10.9. The van der Waals surface area contributed by atoms with Crippen molar-refractivity contribution in [3.8, 4) is 11.1 Å². The molecule has 0 radical (unpaired) electrons. The highest BCUT2D eigenvalue weighted by molar-refractivity contribution is 6.20. The van der Waals surface area contributed by atoms with Crippen molar-refractivity contribution in [1.29, 1.82) is 0 Å². The molecule has 0 bridgehead atoms. The molecule has 0 aliphatic heterocycles. The van der Waals surface area contributed by atoms with Crippen LogP contribution in [0.2, 0.25) is 0 Å². The van der Waals surface area contributed by atoms with E-state index in [1.807, 2.05) is 0 Å². The van der Waals surface area contributed by atoms with Crippen molar-refractivity contribution >= 4 is 38.4 Å². The van der Waals surface area contributed by atoms with Gasteiger partial charge in [-0.1, -0.05) is 92.7 Å². The van der Waals surface area contributed by atoms with E-state index in [1.165, 1.54) is 65.7 Å². The first kappa shape index (κ1) is 16.4. The minimum absolute atomic E-state index is 0.0356. The second-order valence-corrected chi connectivity index (χ2v) is 9.33. The Hall–Kier alpha value is -3.38. The fourth-order valence-electron chi connectivity index (χ4n) is 6.02. The molecule has 2 aliphatic rings. The monoisotopic (exact) mass is 382 g/mol. The fraction of sp³-hybridized carbons (Fsp3) is 0.133. The van der Waals surface area contributed by atoms with E-state index in [0.717, 1.165) is 6.42 Å². The molecule has 0 aromatic heterocycles. The highest BCUT2D eigenvalue weighted by Crippen LogP contribution is 2.53. The predicted molar refractivity (Wildman–Crippen MR) is 129 cm³/mol. The molecule has 0 fully saturated rings. The van der Waals surface area contributed by atoms with Gasteiger partial charge in [-0.3, -0.25) is 0 Å². The summed E-state index contributed by atoms with van der Waals surface area (Å²) in [7, 11) is 0. The Morgan fingerprint density at radius 3 is 2.43 bits per heavy atom. The van der Waals surface area contributed by atoms with Gasteiger partial charge in [0.1, 0.15) is 0 Å². The van der Waals surface area contributed by atoms with Gasteiger partial charge in [-0.25, -0.2) is 0 Å². The van der Waals surface area contributed by atoms with Gasteiger partial charge < -0.3 is 0 Å². The quantitative estimate of drug-likeness (QED) is 0.238. The summed E-state index contributed by atoms with van der Waals surface area (Å²) in [6, 6.07) is 27.5. The highest BCUT2D eigenvalue weighted by atomic mass is 14.4. The van der Waals surface area contributed by atoms with Gasteiger partial charge in [0.05, 0.1) is 0 Å². The zero-order chi connectivity index (χ0) is 20.0. The van der Waals surface area contributed by atoms with Crippen molar-refractivity contribution in [2.75, 3.05) is 0 Å². The van der Waals surface area contributed by atoms with Crippen LogP contribution < -0.4 is 0 Å². The first-order valence-corrected chi connectivity index (χ1v) is 10.9. The highest BCUT2D eigenvalue weighted by Gasteiger charge is 2.35. The smallest absolute Gasteiger partial charge is 0.0159 e. The molecule has 0 saturated heterocycles. The second kappa shape index (κ2) is 5.40. The molecule has 0 spiro atoms. The topological polar surface area (TPSA) is 0 Å². The van der Waals surface area contributed by atoms with Gasteiger partial charge in [0, 0.05) is 5.41 Å². The maximum Gasteiger partial charge on any atom is 0.0159 e.